The van der Waals surface area contributed by atoms with Gasteiger partial charge in [0.25, 0.3) is 0 Å². The zero-order valence-electron chi connectivity index (χ0n) is 10.5. The highest BCUT2D eigenvalue weighted by Crippen LogP contribution is 2.25. The second-order valence-electron chi connectivity index (χ2n) is 3.85. The van der Waals surface area contributed by atoms with Crippen LogP contribution in [0.25, 0.3) is 0 Å². The molecule has 0 aliphatic heterocycles. The average molecular weight is 238 g/mol. The molecule has 90 valence electrons. The van der Waals surface area contributed by atoms with E-state index in [9.17, 15) is 0 Å². The van der Waals surface area contributed by atoms with Gasteiger partial charge in [-0.3, -0.25) is 0 Å². The van der Waals surface area contributed by atoms with E-state index in [1.165, 1.54) is 0 Å². The molecule has 2 rings (SSSR count). The summed E-state index contributed by atoms with van der Waals surface area (Å²) in [5.74, 6) is 1.33. The fraction of sp³-hybridized carbons (Fsp3) is 0.214. The Kier molecular flexibility index (Phi) is 3.54. The van der Waals surface area contributed by atoms with Gasteiger partial charge in [-0.1, -0.05) is 18.2 Å². The molecule has 0 atom stereocenters. The molecule has 0 amide bonds. The summed E-state index contributed by atoms with van der Waals surface area (Å²) >= 11 is 0. The first-order valence-electron chi connectivity index (χ1n) is 5.82. The molecule has 1 heterocycles. The Morgan fingerprint density at radius 3 is 2.61 bits per heavy atom. The second kappa shape index (κ2) is 5.28. The summed E-state index contributed by atoms with van der Waals surface area (Å²) in [6, 6.07) is 12.1. The van der Waals surface area contributed by atoms with E-state index >= 15 is 0 Å². The number of aromatic nitrogens is 2. The number of nitriles is 1. The van der Waals surface area contributed by atoms with E-state index in [-0.39, 0.29) is 0 Å². The molecule has 0 bridgehead atoms. The molecule has 0 spiro atoms. The minimum Gasteiger partial charge on any atom is -0.325 e. The Morgan fingerprint density at radius 1 is 1.28 bits per heavy atom. The van der Waals surface area contributed by atoms with Crippen molar-refractivity contribution in [3.05, 3.63) is 47.9 Å². The van der Waals surface area contributed by atoms with E-state index in [1.54, 1.807) is 6.20 Å². The lowest BCUT2D eigenvalue weighted by Gasteiger charge is -2.22. The van der Waals surface area contributed by atoms with Crippen LogP contribution in [0.5, 0.6) is 0 Å². The van der Waals surface area contributed by atoms with Crippen LogP contribution < -0.4 is 4.90 Å². The SMILES string of the molecule is CCN(c1ccccc1)c1nc(C)ncc1C#N. The molecular formula is C14H14N4. The first-order valence-corrected chi connectivity index (χ1v) is 5.82. The van der Waals surface area contributed by atoms with Crippen LogP contribution in [0.4, 0.5) is 11.5 Å². The van der Waals surface area contributed by atoms with Crippen molar-refractivity contribution in [1.29, 1.82) is 5.26 Å². The van der Waals surface area contributed by atoms with Gasteiger partial charge in [0.05, 0.1) is 6.20 Å². The number of benzene rings is 1. The Labute approximate surface area is 107 Å². The summed E-state index contributed by atoms with van der Waals surface area (Å²) in [6.45, 7) is 4.60. The molecule has 2 aromatic rings. The van der Waals surface area contributed by atoms with Gasteiger partial charge in [0.2, 0.25) is 0 Å². The molecule has 1 aromatic heterocycles. The average Bonchev–Trinajstić information content (AvgIpc) is 2.41. The van der Waals surface area contributed by atoms with Crippen molar-refractivity contribution >= 4 is 11.5 Å². The Balaban J connectivity index is 2.52. The largest absolute Gasteiger partial charge is 0.325 e. The maximum absolute atomic E-state index is 9.14. The van der Waals surface area contributed by atoms with Crippen molar-refractivity contribution in [1.82, 2.24) is 9.97 Å². The molecule has 0 saturated carbocycles. The molecule has 0 radical (unpaired) electrons. The second-order valence-corrected chi connectivity index (χ2v) is 3.85. The number of hydrogen-bond acceptors (Lipinski definition) is 4. The van der Waals surface area contributed by atoms with Crippen molar-refractivity contribution in [2.45, 2.75) is 13.8 Å². The lowest BCUT2D eigenvalue weighted by atomic mass is 10.2. The highest BCUT2D eigenvalue weighted by Gasteiger charge is 2.13. The van der Waals surface area contributed by atoms with Gasteiger partial charge in [-0.25, -0.2) is 9.97 Å². The maximum atomic E-state index is 9.14. The van der Waals surface area contributed by atoms with Gasteiger partial charge in [0.15, 0.2) is 5.82 Å². The fourth-order valence-electron chi connectivity index (χ4n) is 1.81. The summed E-state index contributed by atoms with van der Waals surface area (Å²) in [4.78, 5) is 10.5. The van der Waals surface area contributed by atoms with E-state index in [0.29, 0.717) is 17.2 Å². The van der Waals surface area contributed by atoms with Gasteiger partial charge in [0, 0.05) is 12.2 Å². The van der Waals surface area contributed by atoms with E-state index in [1.807, 2.05) is 49.1 Å². The Hall–Kier alpha value is -2.41. The van der Waals surface area contributed by atoms with Crippen molar-refractivity contribution in [3.8, 4) is 6.07 Å². The van der Waals surface area contributed by atoms with Crippen LogP contribution in [0.1, 0.15) is 18.3 Å². The van der Waals surface area contributed by atoms with E-state index in [2.05, 4.69) is 16.0 Å². The summed E-state index contributed by atoms with van der Waals surface area (Å²) in [6.07, 6.45) is 1.57. The number of nitrogens with zero attached hydrogens (tertiary/aromatic N) is 4. The van der Waals surface area contributed by atoms with Crippen LogP contribution in [-0.4, -0.2) is 16.5 Å². The van der Waals surface area contributed by atoms with Crippen molar-refractivity contribution in [2.24, 2.45) is 0 Å². The smallest absolute Gasteiger partial charge is 0.154 e. The third kappa shape index (κ3) is 2.30. The first kappa shape index (κ1) is 12.1. The van der Waals surface area contributed by atoms with Crippen LogP contribution in [-0.2, 0) is 0 Å². The third-order valence-corrected chi connectivity index (χ3v) is 2.65. The van der Waals surface area contributed by atoms with Gasteiger partial charge < -0.3 is 4.90 Å². The number of aryl methyl sites for hydroxylation is 1. The zero-order chi connectivity index (χ0) is 13.0. The van der Waals surface area contributed by atoms with Crippen molar-refractivity contribution in [3.63, 3.8) is 0 Å². The van der Waals surface area contributed by atoms with Crippen LogP contribution in [0, 0.1) is 18.3 Å². The summed E-state index contributed by atoms with van der Waals surface area (Å²) < 4.78 is 0. The highest BCUT2D eigenvalue weighted by atomic mass is 15.2. The van der Waals surface area contributed by atoms with Gasteiger partial charge >= 0.3 is 0 Å². The van der Waals surface area contributed by atoms with Crippen LogP contribution in [0.2, 0.25) is 0 Å². The molecule has 0 N–H and O–H groups in total. The summed E-state index contributed by atoms with van der Waals surface area (Å²) in [5.41, 5.74) is 1.51. The normalized spacial score (nSPS) is 9.83. The quantitative estimate of drug-likeness (QED) is 0.825. The molecular weight excluding hydrogens is 224 g/mol. The van der Waals surface area contributed by atoms with Gasteiger partial charge in [-0.05, 0) is 26.0 Å². The Morgan fingerprint density at radius 2 is 2.00 bits per heavy atom. The van der Waals surface area contributed by atoms with Crippen molar-refractivity contribution < 1.29 is 0 Å². The number of para-hydroxylation sites is 1. The van der Waals surface area contributed by atoms with Crippen LogP contribution >= 0.6 is 0 Å². The molecule has 18 heavy (non-hydrogen) atoms. The van der Waals surface area contributed by atoms with E-state index in [0.717, 1.165) is 12.2 Å². The predicted molar refractivity (Wildman–Crippen MR) is 70.6 cm³/mol. The lowest BCUT2D eigenvalue weighted by Crippen LogP contribution is -2.19. The zero-order valence-corrected chi connectivity index (χ0v) is 10.5. The highest BCUT2D eigenvalue weighted by molar-refractivity contribution is 5.65. The molecule has 1 aromatic carbocycles. The van der Waals surface area contributed by atoms with Crippen molar-refractivity contribution in [2.75, 3.05) is 11.4 Å². The van der Waals surface area contributed by atoms with E-state index in [4.69, 9.17) is 5.26 Å². The topological polar surface area (TPSA) is 52.8 Å². The standard InChI is InChI=1S/C14H14N4/c1-3-18(13-7-5-4-6-8-13)14-12(9-15)10-16-11(2)17-14/h4-8,10H,3H2,1-2H3. The minimum absolute atomic E-state index is 0.492. The number of anilines is 2. The molecule has 0 aliphatic rings. The molecule has 0 aliphatic carbocycles. The monoisotopic (exact) mass is 238 g/mol. The lowest BCUT2D eigenvalue weighted by molar-refractivity contribution is 0.945. The summed E-state index contributed by atoms with van der Waals surface area (Å²) in [7, 11) is 0. The van der Waals surface area contributed by atoms with E-state index < -0.39 is 0 Å². The molecule has 4 nitrogen and oxygen atoms in total. The summed E-state index contributed by atoms with van der Waals surface area (Å²) in [5, 5.41) is 9.14. The first-order chi connectivity index (χ1) is 8.76. The van der Waals surface area contributed by atoms with Gasteiger partial charge in [0.1, 0.15) is 17.5 Å². The van der Waals surface area contributed by atoms with Gasteiger partial charge in [-0.2, -0.15) is 5.26 Å². The van der Waals surface area contributed by atoms with Gasteiger partial charge in [-0.15, -0.1) is 0 Å². The van der Waals surface area contributed by atoms with Crippen LogP contribution in [0.3, 0.4) is 0 Å². The molecule has 0 fully saturated rings. The third-order valence-electron chi connectivity index (χ3n) is 2.65. The molecule has 4 heteroatoms. The number of rotatable bonds is 3. The van der Waals surface area contributed by atoms with Crippen LogP contribution in [0.15, 0.2) is 36.5 Å². The Bertz CT molecular complexity index is 572. The molecule has 0 saturated heterocycles. The molecule has 0 unspecified atom stereocenters. The fourth-order valence-corrected chi connectivity index (χ4v) is 1.81. The minimum atomic E-state index is 0.492. The number of hydrogen-bond donors (Lipinski definition) is 0. The maximum Gasteiger partial charge on any atom is 0.154 e. The predicted octanol–water partition coefficient (Wildman–Crippen LogP) is 2.81.